The molecule has 0 atom stereocenters. The number of Topliss-reactive ketones (excluding diaryl/α,β-unsaturated/α-hetero) is 1. The summed E-state index contributed by atoms with van der Waals surface area (Å²) >= 11 is 0. The molecule has 20 heavy (non-hydrogen) atoms. The van der Waals surface area contributed by atoms with Gasteiger partial charge in [0.05, 0.1) is 6.10 Å². The summed E-state index contributed by atoms with van der Waals surface area (Å²) < 4.78 is 5.68. The maximum Gasteiger partial charge on any atom is 0.167 e. The summed E-state index contributed by atoms with van der Waals surface area (Å²) in [7, 11) is 0. The summed E-state index contributed by atoms with van der Waals surface area (Å²) in [5.41, 5.74) is 2.99. The molecule has 0 aliphatic heterocycles. The van der Waals surface area contributed by atoms with Crippen molar-refractivity contribution >= 4 is 5.78 Å². The molecular formula is C18H18O2. The van der Waals surface area contributed by atoms with E-state index in [4.69, 9.17) is 4.74 Å². The molecule has 0 N–H and O–H groups in total. The number of hydrogen-bond acceptors (Lipinski definition) is 2. The average molecular weight is 266 g/mol. The van der Waals surface area contributed by atoms with E-state index in [2.05, 4.69) is 6.07 Å². The van der Waals surface area contributed by atoms with Crippen LogP contribution in [0.3, 0.4) is 0 Å². The van der Waals surface area contributed by atoms with E-state index in [1.165, 1.54) is 5.56 Å². The van der Waals surface area contributed by atoms with Crippen LogP contribution in [0.15, 0.2) is 48.5 Å². The van der Waals surface area contributed by atoms with E-state index in [9.17, 15) is 4.79 Å². The van der Waals surface area contributed by atoms with Crippen molar-refractivity contribution in [1.82, 2.24) is 0 Å². The Morgan fingerprint density at radius 2 is 1.90 bits per heavy atom. The topological polar surface area (TPSA) is 26.3 Å². The molecule has 0 amide bonds. The normalized spacial score (nSPS) is 14.1. The van der Waals surface area contributed by atoms with Crippen LogP contribution in [0.25, 0.3) is 0 Å². The molecule has 0 spiro atoms. The number of benzene rings is 2. The summed E-state index contributed by atoms with van der Waals surface area (Å²) in [5.74, 6) is 1.01. The van der Waals surface area contributed by atoms with Gasteiger partial charge in [-0.05, 0) is 49.6 Å². The summed E-state index contributed by atoms with van der Waals surface area (Å²) in [6.45, 7) is 2.04. The van der Waals surface area contributed by atoms with Crippen LogP contribution in [0, 0.1) is 6.92 Å². The Bertz CT molecular complexity index is 610. The third kappa shape index (κ3) is 3.27. The Hall–Kier alpha value is -2.09. The molecule has 0 unspecified atom stereocenters. The van der Waals surface area contributed by atoms with Crippen LogP contribution in [-0.4, -0.2) is 11.9 Å². The molecule has 0 radical (unpaired) electrons. The molecule has 1 aliphatic carbocycles. The lowest BCUT2D eigenvalue weighted by Gasteiger charge is -2.06. The SMILES string of the molecule is Cc1cccc(CC(=O)c2ccc(OC3CC3)cc2)c1. The van der Waals surface area contributed by atoms with Gasteiger partial charge in [-0.15, -0.1) is 0 Å². The van der Waals surface area contributed by atoms with Crippen LogP contribution < -0.4 is 4.74 Å². The van der Waals surface area contributed by atoms with E-state index >= 15 is 0 Å². The summed E-state index contributed by atoms with van der Waals surface area (Å²) in [5, 5.41) is 0. The van der Waals surface area contributed by atoms with Crippen LogP contribution in [0.5, 0.6) is 5.75 Å². The van der Waals surface area contributed by atoms with Gasteiger partial charge in [0.2, 0.25) is 0 Å². The van der Waals surface area contributed by atoms with E-state index in [1.54, 1.807) is 0 Å². The number of ether oxygens (including phenoxy) is 1. The minimum atomic E-state index is 0.147. The first-order valence-corrected chi connectivity index (χ1v) is 7.06. The standard InChI is InChI=1S/C18H18O2/c1-13-3-2-4-14(11-13)12-18(19)15-5-7-16(8-6-15)20-17-9-10-17/h2-8,11,17H,9-10,12H2,1H3. The Balaban J connectivity index is 1.66. The van der Waals surface area contributed by atoms with Crippen molar-refractivity contribution in [2.75, 3.05) is 0 Å². The van der Waals surface area contributed by atoms with Crippen LogP contribution >= 0.6 is 0 Å². The zero-order valence-electron chi connectivity index (χ0n) is 11.6. The first kappa shape index (κ1) is 12.9. The fourth-order valence-corrected chi connectivity index (χ4v) is 2.21. The molecule has 1 saturated carbocycles. The van der Waals surface area contributed by atoms with Crippen molar-refractivity contribution in [2.24, 2.45) is 0 Å². The maximum atomic E-state index is 12.2. The van der Waals surface area contributed by atoms with Crippen molar-refractivity contribution < 1.29 is 9.53 Å². The molecule has 2 aromatic rings. The highest BCUT2D eigenvalue weighted by atomic mass is 16.5. The highest BCUT2D eigenvalue weighted by Crippen LogP contribution is 2.26. The van der Waals surface area contributed by atoms with Crippen molar-refractivity contribution in [3.05, 3.63) is 65.2 Å². The maximum absolute atomic E-state index is 12.2. The van der Waals surface area contributed by atoms with Crippen molar-refractivity contribution in [3.8, 4) is 5.75 Å². The fraction of sp³-hybridized carbons (Fsp3) is 0.278. The number of carbonyl (C=O) groups is 1. The first-order valence-electron chi connectivity index (χ1n) is 7.06. The Labute approximate surface area is 119 Å². The van der Waals surface area contributed by atoms with Gasteiger partial charge in [0.1, 0.15) is 5.75 Å². The van der Waals surface area contributed by atoms with Crippen molar-refractivity contribution in [1.29, 1.82) is 0 Å². The lowest BCUT2D eigenvalue weighted by atomic mass is 10.0. The second-order valence-electron chi connectivity index (χ2n) is 5.43. The zero-order chi connectivity index (χ0) is 13.9. The molecule has 2 nitrogen and oxygen atoms in total. The van der Waals surface area contributed by atoms with Gasteiger partial charge in [0.25, 0.3) is 0 Å². The number of rotatable bonds is 5. The van der Waals surface area contributed by atoms with Crippen molar-refractivity contribution in [2.45, 2.75) is 32.3 Å². The predicted octanol–water partition coefficient (Wildman–Crippen LogP) is 3.96. The lowest BCUT2D eigenvalue weighted by molar-refractivity contribution is 0.0993. The molecule has 3 rings (SSSR count). The molecule has 0 heterocycles. The van der Waals surface area contributed by atoms with E-state index in [0.717, 1.165) is 29.7 Å². The number of aryl methyl sites for hydroxylation is 1. The van der Waals surface area contributed by atoms with Crippen LogP contribution in [0.4, 0.5) is 0 Å². The van der Waals surface area contributed by atoms with Crippen LogP contribution in [-0.2, 0) is 6.42 Å². The smallest absolute Gasteiger partial charge is 0.167 e. The van der Waals surface area contributed by atoms with Gasteiger partial charge in [-0.1, -0.05) is 29.8 Å². The van der Waals surface area contributed by atoms with Gasteiger partial charge in [-0.25, -0.2) is 0 Å². The molecule has 0 bridgehead atoms. The molecular weight excluding hydrogens is 248 g/mol. The van der Waals surface area contributed by atoms with Gasteiger partial charge >= 0.3 is 0 Å². The highest BCUT2D eigenvalue weighted by Gasteiger charge is 2.23. The van der Waals surface area contributed by atoms with E-state index < -0.39 is 0 Å². The Morgan fingerprint density at radius 1 is 1.15 bits per heavy atom. The minimum Gasteiger partial charge on any atom is -0.490 e. The quantitative estimate of drug-likeness (QED) is 0.766. The van der Waals surface area contributed by atoms with Gasteiger partial charge in [0, 0.05) is 12.0 Å². The molecule has 1 fully saturated rings. The zero-order valence-corrected chi connectivity index (χ0v) is 11.6. The molecule has 2 heteroatoms. The summed E-state index contributed by atoms with van der Waals surface area (Å²) in [6.07, 6.45) is 3.14. The van der Waals surface area contributed by atoms with Gasteiger partial charge in [-0.3, -0.25) is 4.79 Å². The average Bonchev–Trinajstić information content (AvgIpc) is 3.23. The Kier molecular flexibility index (Phi) is 3.55. The third-order valence-electron chi connectivity index (χ3n) is 3.45. The second-order valence-corrected chi connectivity index (χ2v) is 5.43. The predicted molar refractivity (Wildman–Crippen MR) is 79.3 cm³/mol. The lowest BCUT2D eigenvalue weighted by Crippen LogP contribution is -2.04. The van der Waals surface area contributed by atoms with Crippen LogP contribution in [0.1, 0.15) is 34.3 Å². The first-order chi connectivity index (χ1) is 9.70. The van der Waals surface area contributed by atoms with Crippen LogP contribution in [0.2, 0.25) is 0 Å². The van der Waals surface area contributed by atoms with E-state index in [-0.39, 0.29) is 5.78 Å². The van der Waals surface area contributed by atoms with Gasteiger partial charge in [-0.2, -0.15) is 0 Å². The van der Waals surface area contributed by atoms with Gasteiger partial charge < -0.3 is 4.74 Å². The summed E-state index contributed by atoms with van der Waals surface area (Å²) in [6, 6.07) is 15.6. The second kappa shape index (κ2) is 5.49. The molecule has 0 saturated heterocycles. The van der Waals surface area contributed by atoms with Gasteiger partial charge in [0.15, 0.2) is 5.78 Å². The largest absolute Gasteiger partial charge is 0.490 e. The van der Waals surface area contributed by atoms with Crippen molar-refractivity contribution in [3.63, 3.8) is 0 Å². The van der Waals surface area contributed by atoms with E-state index in [0.29, 0.717) is 12.5 Å². The van der Waals surface area contributed by atoms with E-state index in [1.807, 2.05) is 49.4 Å². The fourth-order valence-electron chi connectivity index (χ4n) is 2.21. The Morgan fingerprint density at radius 3 is 2.55 bits per heavy atom. The number of hydrogen-bond donors (Lipinski definition) is 0. The highest BCUT2D eigenvalue weighted by molar-refractivity contribution is 5.97. The molecule has 1 aliphatic rings. The third-order valence-corrected chi connectivity index (χ3v) is 3.45. The monoisotopic (exact) mass is 266 g/mol. The number of carbonyl (C=O) groups excluding carboxylic acids is 1. The minimum absolute atomic E-state index is 0.147. The summed E-state index contributed by atoms with van der Waals surface area (Å²) in [4.78, 5) is 12.2. The number of ketones is 1. The molecule has 0 aromatic heterocycles. The molecule has 2 aromatic carbocycles. The molecule has 102 valence electrons.